The molecule has 0 aliphatic carbocycles. The minimum Gasteiger partial charge on any atom is -0.397 e. The van der Waals surface area contributed by atoms with Gasteiger partial charge in [-0.25, -0.2) is 0 Å². The summed E-state index contributed by atoms with van der Waals surface area (Å²) in [7, 11) is 0. The van der Waals surface area contributed by atoms with E-state index in [9.17, 15) is 0 Å². The Bertz CT molecular complexity index is 412. The lowest BCUT2D eigenvalue weighted by Crippen LogP contribution is -2.16. The predicted molar refractivity (Wildman–Crippen MR) is 51.7 cm³/mol. The van der Waals surface area contributed by atoms with Crippen molar-refractivity contribution in [3.05, 3.63) is 35.4 Å². The van der Waals surface area contributed by atoms with Crippen LogP contribution in [0.5, 0.6) is 0 Å². The molecule has 0 saturated heterocycles. The van der Waals surface area contributed by atoms with Crippen molar-refractivity contribution < 1.29 is 0 Å². The van der Waals surface area contributed by atoms with Gasteiger partial charge < -0.3 is 11.1 Å². The molecule has 1 aliphatic rings. The smallest absolute Gasteiger partial charge is 0.0988 e. The number of nitrogens with one attached hydrogen (secondary N) is 1. The number of fused-ring (bicyclic) bond motifs is 1. The van der Waals surface area contributed by atoms with Crippen LogP contribution in [0.15, 0.2) is 29.8 Å². The highest BCUT2D eigenvalue weighted by Gasteiger charge is 2.14. The Morgan fingerprint density at radius 2 is 2.15 bits per heavy atom. The molecule has 64 valence electrons. The molecular weight excluding hydrogens is 162 g/mol. The Morgan fingerprint density at radius 1 is 1.38 bits per heavy atom. The molecule has 0 spiro atoms. The molecule has 3 N–H and O–H groups in total. The van der Waals surface area contributed by atoms with Gasteiger partial charge in [-0.1, -0.05) is 18.2 Å². The molecule has 13 heavy (non-hydrogen) atoms. The third-order valence-electron chi connectivity index (χ3n) is 2.13. The number of nitriles is 1. The van der Waals surface area contributed by atoms with Crippen LogP contribution in [0.25, 0.3) is 5.70 Å². The largest absolute Gasteiger partial charge is 0.397 e. The summed E-state index contributed by atoms with van der Waals surface area (Å²) in [5.74, 6) is 0. The predicted octanol–water partition coefficient (Wildman–Crippen LogP) is 1.31. The summed E-state index contributed by atoms with van der Waals surface area (Å²) in [6, 6.07) is 9.80. The number of benzene rings is 1. The Balaban J connectivity index is 2.60. The normalized spacial score (nSPS) is 14.4. The molecule has 2 rings (SSSR count). The van der Waals surface area contributed by atoms with Crippen molar-refractivity contribution in [2.24, 2.45) is 5.73 Å². The molecule has 0 unspecified atom stereocenters. The third-order valence-corrected chi connectivity index (χ3v) is 2.13. The van der Waals surface area contributed by atoms with Crippen molar-refractivity contribution in [2.75, 3.05) is 11.9 Å². The number of rotatable bonds is 0. The second-order valence-corrected chi connectivity index (χ2v) is 2.90. The summed E-state index contributed by atoms with van der Waals surface area (Å²) in [5, 5.41) is 11.9. The van der Waals surface area contributed by atoms with Crippen molar-refractivity contribution in [3.8, 4) is 6.07 Å². The SMILES string of the molecule is N#CC1=C(N)c2ccccc2NC1. The Hall–Kier alpha value is -1.95. The van der Waals surface area contributed by atoms with E-state index in [1.54, 1.807) is 0 Å². The topological polar surface area (TPSA) is 61.8 Å². The minimum absolute atomic E-state index is 0.527. The lowest BCUT2D eigenvalue weighted by molar-refractivity contribution is 1.21. The standard InChI is InChI=1S/C10H9N3/c11-5-7-6-13-9-4-2-1-3-8(9)10(7)12/h1-4,13H,6,12H2. The van der Waals surface area contributed by atoms with Crippen LogP contribution in [0.2, 0.25) is 0 Å². The summed E-state index contributed by atoms with van der Waals surface area (Å²) in [4.78, 5) is 0. The number of nitrogens with two attached hydrogens (primary N) is 1. The molecule has 0 bridgehead atoms. The maximum Gasteiger partial charge on any atom is 0.0988 e. The molecule has 1 heterocycles. The van der Waals surface area contributed by atoms with Gasteiger partial charge in [0.15, 0.2) is 0 Å². The van der Waals surface area contributed by atoms with Gasteiger partial charge in [0.1, 0.15) is 0 Å². The molecule has 1 aromatic carbocycles. The Morgan fingerprint density at radius 3 is 2.92 bits per heavy atom. The highest BCUT2D eigenvalue weighted by molar-refractivity contribution is 5.81. The molecule has 0 amide bonds. The fourth-order valence-electron chi connectivity index (χ4n) is 1.41. The maximum atomic E-state index is 8.76. The third kappa shape index (κ3) is 1.13. The van der Waals surface area contributed by atoms with Crippen molar-refractivity contribution >= 4 is 11.4 Å². The average Bonchev–Trinajstić information content (AvgIpc) is 2.19. The van der Waals surface area contributed by atoms with E-state index in [0.29, 0.717) is 17.8 Å². The first-order chi connectivity index (χ1) is 6.33. The lowest BCUT2D eigenvalue weighted by Gasteiger charge is -2.18. The van der Waals surface area contributed by atoms with Gasteiger partial charge in [-0.15, -0.1) is 0 Å². The molecule has 0 saturated carbocycles. The van der Waals surface area contributed by atoms with Crippen molar-refractivity contribution in [1.29, 1.82) is 5.26 Å². The summed E-state index contributed by atoms with van der Waals surface area (Å²) in [6.07, 6.45) is 0. The van der Waals surface area contributed by atoms with Crippen LogP contribution in [0, 0.1) is 11.3 Å². The molecule has 0 atom stereocenters. The van der Waals surface area contributed by atoms with Crippen LogP contribution in [0.3, 0.4) is 0 Å². The summed E-state index contributed by atoms with van der Waals surface area (Å²) >= 11 is 0. The van der Waals surface area contributed by atoms with Crippen molar-refractivity contribution in [3.63, 3.8) is 0 Å². The summed E-state index contributed by atoms with van der Waals surface area (Å²) in [5.41, 5.74) is 8.94. The number of hydrogen-bond acceptors (Lipinski definition) is 3. The molecule has 3 nitrogen and oxygen atoms in total. The van der Waals surface area contributed by atoms with Gasteiger partial charge in [-0.05, 0) is 6.07 Å². The van der Waals surface area contributed by atoms with Crippen LogP contribution in [0.1, 0.15) is 5.56 Å². The van der Waals surface area contributed by atoms with Gasteiger partial charge in [0.05, 0.1) is 23.9 Å². The van der Waals surface area contributed by atoms with E-state index in [2.05, 4.69) is 11.4 Å². The Labute approximate surface area is 76.5 Å². The van der Waals surface area contributed by atoms with Gasteiger partial charge in [0.25, 0.3) is 0 Å². The van der Waals surface area contributed by atoms with E-state index in [4.69, 9.17) is 11.0 Å². The molecule has 3 heteroatoms. The minimum atomic E-state index is 0.527. The number of para-hydroxylation sites is 1. The molecule has 0 radical (unpaired) electrons. The van der Waals surface area contributed by atoms with Crippen LogP contribution < -0.4 is 11.1 Å². The first kappa shape index (κ1) is 7.69. The summed E-state index contributed by atoms with van der Waals surface area (Å²) < 4.78 is 0. The highest BCUT2D eigenvalue weighted by Crippen LogP contribution is 2.26. The maximum absolute atomic E-state index is 8.76. The van der Waals surface area contributed by atoms with Crippen LogP contribution in [-0.2, 0) is 0 Å². The quantitative estimate of drug-likeness (QED) is 0.618. The number of anilines is 1. The van der Waals surface area contributed by atoms with E-state index in [0.717, 1.165) is 11.3 Å². The first-order valence-corrected chi connectivity index (χ1v) is 4.05. The fraction of sp³-hybridized carbons (Fsp3) is 0.100. The van der Waals surface area contributed by atoms with Gasteiger partial charge in [0, 0.05) is 11.3 Å². The van der Waals surface area contributed by atoms with Gasteiger partial charge in [-0.2, -0.15) is 5.26 Å². The van der Waals surface area contributed by atoms with Crippen LogP contribution >= 0.6 is 0 Å². The van der Waals surface area contributed by atoms with Crippen LogP contribution in [0.4, 0.5) is 5.69 Å². The monoisotopic (exact) mass is 171 g/mol. The van der Waals surface area contributed by atoms with E-state index >= 15 is 0 Å². The highest BCUT2D eigenvalue weighted by atomic mass is 14.9. The molecule has 0 fully saturated rings. The van der Waals surface area contributed by atoms with E-state index in [-0.39, 0.29) is 0 Å². The average molecular weight is 171 g/mol. The van der Waals surface area contributed by atoms with Gasteiger partial charge in [-0.3, -0.25) is 0 Å². The second-order valence-electron chi connectivity index (χ2n) is 2.90. The zero-order valence-electron chi connectivity index (χ0n) is 7.04. The van der Waals surface area contributed by atoms with Crippen molar-refractivity contribution in [2.45, 2.75) is 0 Å². The van der Waals surface area contributed by atoms with E-state index < -0.39 is 0 Å². The number of hydrogen-bond donors (Lipinski definition) is 2. The van der Waals surface area contributed by atoms with Gasteiger partial charge >= 0.3 is 0 Å². The Kier molecular flexibility index (Phi) is 1.67. The zero-order chi connectivity index (χ0) is 9.26. The molecule has 0 aromatic heterocycles. The van der Waals surface area contributed by atoms with E-state index in [1.165, 1.54) is 0 Å². The summed E-state index contributed by atoms with van der Waals surface area (Å²) in [6.45, 7) is 0.527. The molecule has 1 aromatic rings. The second kappa shape index (κ2) is 2.83. The van der Waals surface area contributed by atoms with E-state index in [1.807, 2.05) is 24.3 Å². The first-order valence-electron chi connectivity index (χ1n) is 4.05. The van der Waals surface area contributed by atoms with Crippen LogP contribution in [-0.4, -0.2) is 6.54 Å². The molecular formula is C10H9N3. The number of nitrogens with zero attached hydrogens (tertiary/aromatic N) is 1. The lowest BCUT2D eigenvalue weighted by atomic mass is 10.0. The zero-order valence-corrected chi connectivity index (χ0v) is 7.04. The van der Waals surface area contributed by atoms with Gasteiger partial charge in [0.2, 0.25) is 0 Å². The molecule has 1 aliphatic heterocycles. The fourth-order valence-corrected chi connectivity index (χ4v) is 1.41. The van der Waals surface area contributed by atoms with Crippen molar-refractivity contribution in [1.82, 2.24) is 0 Å².